The second kappa shape index (κ2) is 7.38. The lowest BCUT2D eigenvalue weighted by molar-refractivity contribution is -0.115. The van der Waals surface area contributed by atoms with Gasteiger partial charge in [0.05, 0.1) is 16.3 Å². The van der Waals surface area contributed by atoms with E-state index in [0.29, 0.717) is 10.0 Å². The molecule has 0 aliphatic carbocycles. The topological polar surface area (TPSA) is 59.1 Å². The smallest absolute Gasteiger partial charge is 0.238 e. The van der Waals surface area contributed by atoms with Gasteiger partial charge >= 0.3 is 0 Å². The normalized spacial score (nSPS) is 11.9. The number of nitrogens with zero attached hydrogens (tertiary/aromatic N) is 1. The summed E-state index contributed by atoms with van der Waals surface area (Å²) in [5.41, 5.74) is 1.19. The first kappa shape index (κ1) is 15.7. The zero-order valence-corrected chi connectivity index (χ0v) is 13.5. The molecular weight excluding hydrogens is 304 g/mol. The van der Waals surface area contributed by atoms with E-state index in [1.807, 2.05) is 37.3 Å². The van der Waals surface area contributed by atoms with Crippen molar-refractivity contribution in [2.75, 3.05) is 5.32 Å². The summed E-state index contributed by atoms with van der Waals surface area (Å²) in [5, 5.41) is 3.03. The molecule has 0 radical (unpaired) electrons. The van der Waals surface area contributed by atoms with Crippen molar-refractivity contribution in [3.8, 4) is 0 Å². The molecule has 21 heavy (non-hydrogen) atoms. The lowest BCUT2D eigenvalue weighted by Gasteiger charge is -2.10. The Kier molecular flexibility index (Phi) is 5.52. The van der Waals surface area contributed by atoms with Crippen LogP contribution in [0, 0.1) is 0 Å². The molecule has 1 amide bonds. The minimum Gasteiger partial charge on any atom is -0.301 e. The molecule has 1 atom stereocenters. The summed E-state index contributed by atoms with van der Waals surface area (Å²) in [5.74, 6) is 0.645. The largest absolute Gasteiger partial charge is 0.301 e. The fourth-order valence-electron chi connectivity index (χ4n) is 1.57. The van der Waals surface area contributed by atoms with E-state index in [1.54, 1.807) is 11.8 Å². The molecule has 6 heteroatoms. The van der Waals surface area contributed by atoms with Crippen LogP contribution in [-0.2, 0) is 10.5 Å². The van der Waals surface area contributed by atoms with Gasteiger partial charge in [0, 0.05) is 12.7 Å². The third-order valence-electron chi connectivity index (χ3n) is 2.79. The van der Waals surface area contributed by atoms with Crippen LogP contribution in [0.25, 0.3) is 0 Å². The van der Waals surface area contributed by atoms with Crippen molar-refractivity contribution < 1.29 is 9.59 Å². The van der Waals surface area contributed by atoms with Crippen LogP contribution in [0.1, 0.15) is 29.1 Å². The third-order valence-corrected chi connectivity index (χ3v) is 5.02. The van der Waals surface area contributed by atoms with Gasteiger partial charge in [-0.25, -0.2) is 4.98 Å². The highest BCUT2D eigenvalue weighted by Crippen LogP contribution is 2.22. The fourth-order valence-corrected chi connectivity index (χ4v) is 3.13. The van der Waals surface area contributed by atoms with E-state index in [1.165, 1.54) is 30.0 Å². The number of thiazole rings is 1. The lowest BCUT2D eigenvalue weighted by Crippen LogP contribution is -2.22. The van der Waals surface area contributed by atoms with Gasteiger partial charge in [0.15, 0.2) is 10.9 Å². The van der Waals surface area contributed by atoms with Gasteiger partial charge in [0.2, 0.25) is 5.91 Å². The number of amides is 1. The number of carbonyl (C=O) groups excluding carboxylic acids is 2. The molecule has 1 aromatic heterocycles. The molecule has 110 valence electrons. The van der Waals surface area contributed by atoms with Crippen molar-refractivity contribution in [2.45, 2.75) is 24.9 Å². The molecule has 0 saturated carbocycles. The Labute approximate surface area is 132 Å². The van der Waals surface area contributed by atoms with Crippen LogP contribution in [-0.4, -0.2) is 21.9 Å². The number of thioether (sulfide) groups is 1. The average Bonchev–Trinajstić information content (AvgIpc) is 2.94. The molecule has 4 nitrogen and oxygen atoms in total. The van der Waals surface area contributed by atoms with Gasteiger partial charge in [-0.3, -0.25) is 9.59 Å². The molecule has 1 heterocycles. The molecule has 0 bridgehead atoms. The molecule has 2 rings (SSSR count). The minimum absolute atomic E-state index is 0.0421. The summed E-state index contributed by atoms with van der Waals surface area (Å²) in [6.07, 6.45) is 1.49. The van der Waals surface area contributed by atoms with Crippen molar-refractivity contribution >= 4 is 39.9 Å². The molecule has 0 aliphatic heterocycles. The Hall–Kier alpha value is -1.66. The van der Waals surface area contributed by atoms with Crippen LogP contribution in [0.5, 0.6) is 0 Å². The van der Waals surface area contributed by atoms with E-state index in [9.17, 15) is 9.59 Å². The number of carbonyl (C=O) groups is 2. The second-order valence-electron chi connectivity index (χ2n) is 4.51. The lowest BCUT2D eigenvalue weighted by atomic mass is 10.2. The Balaban J connectivity index is 1.85. The number of anilines is 1. The predicted octanol–water partition coefficient (Wildman–Crippen LogP) is 3.61. The number of rotatable bonds is 6. The zero-order chi connectivity index (χ0) is 15.2. The Bertz CT molecular complexity index is 626. The average molecular weight is 320 g/mol. The van der Waals surface area contributed by atoms with Gasteiger partial charge in [-0.15, -0.1) is 11.8 Å². The number of Topliss-reactive ketones (excluding diaryl/α,β-unsaturated/α-hetero) is 1. The first-order chi connectivity index (χ1) is 10.1. The summed E-state index contributed by atoms with van der Waals surface area (Å²) in [6, 6.07) is 10.0. The molecule has 0 unspecified atom stereocenters. The zero-order valence-electron chi connectivity index (χ0n) is 11.8. The fraction of sp³-hybridized carbons (Fsp3) is 0.267. The number of hydrogen-bond acceptors (Lipinski definition) is 5. The summed E-state index contributed by atoms with van der Waals surface area (Å²) in [7, 11) is 0. The second-order valence-corrected chi connectivity index (χ2v) is 6.87. The maximum atomic E-state index is 12.1. The van der Waals surface area contributed by atoms with E-state index >= 15 is 0 Å². The Morgan fingerprint density at radius 1 is 1.33 bits per heavy atom. The standard InChI is InChI=1S/C15H16N2O2S2/c1-10(18)13-8-16-15(21-13)17-14(19)11(2)20-9-12-6-4-3-5-7-12/h3-8,11H,9H2,1-2H3,(H,16,17,19)/t11-/m0/s1. The Morgan fingerprint density at radius 2 is 2.05 bits per heavy atom. The molecule has 2 aromatic rings. The van der Waals surface area contributed by atoms with Gasteiger partial charge in [-0.05, 0) is 12.5 Å². The summed E-state index contributed by atoms with van der Waals surface area (Å²) in [4.78, 5) is 27.8. The van der Waals surface area contributed by atoms with E-state index in [4.69, 9.17) is 0 Å². The van der Waals surface area contributed by atoms with Gasteiger partial charge in [0.25, 0.3) is 0 Å². The van der Waals surface area contributed by atoms with Crippen LogP contribution in [0.4, 0.5) is 5.13 Å². The van der Waals surface area contributed by atoms with Crippen LogP contribution >= 0.6 is 23.1 Å². The quantitative estimate of drug-likeness (QED) is 0.826. The number of ketones is 1. The van der Waals surface area contributed by atoms with Crippen molar-refractivity contribution in [1.29, 1.82) is 0 Å². The van der Waals surface area contributed by atoms with E-state index in [-0.39, 0.29) is 16.9 Å². The van der Waals surface area contributed by atoms with Crippen molar-refractivity contribution in [2.24, 2.45) is 0 Å². The highest BCUT2D eigenvalue weighted by atomic mass is 32.2. The maximum absolute atomic E-state index is 12.1. The first-order valence-electron chi connectivity index (χ1n) is 6.49. The van der Waals surface area contributed by atoms with Crippen molar-refractivity contribution in [1.82, 2.24) is 4.98 Å². The summed E-state index contributed by atoms with van der Waals surface area (Å²) < 4.78 is 0. The van der Waals surface area contributed by atoms with Crippen LogP contribution < -0.4 is 5.32 Å². The SMILES string of the molecule is CC(=O)c1cnc(NC(=O)[C@H](C)SCc2ccccc2)s1. The number of benzene rings is 1. The van der Waals surface area contributed by atoms with E-state index in [2.05, 4.69) is 10.3 Å². The molecule has 1 aromatic carbocycles. The predicted molar refractivity (Wildman–Crippen MR) is 87.9 cm³/mol. The summed E-state index contributed by atoms with van der Waals surface area (Å²) in [6.45, 7) is 3.35. The molecule has 1 N–H and O–H groups in total. The van der Waals surface area contributed by atoms with Crippen LogP contribution in [0.3, 0.4) is 0 Å². The number of nitrogens with one attached hydrogen (secondary N) is 1. The molecule has 0 saturated heterocycles. The van der Waals surface area contributed by atoms with E-state index < -0.39 is 0 Å². The molecular formula is C15H16N2O2S2. The van der Waals surface area contributed by atoms with E-state index in [0.717, 1.165) is 5.75 Å². The molecule has 0 spiro atoms. The van der Waals surface area contributed by atoms with Gasteiger partial charge in [0.1, 0.15) is 0 Å². The minimum atomic E-state index is -0.185. The van der Waals surface area contributed by atoms with Gasteiger partial charge in [-0.1, -0.05) is 41.7 Å². The highest BCUT2D eigenvalue weighted by molar-refractivity contribution is 7.99. The summed E-state index contributed by atoms with van der Waals surface area (Å²) >= 11 is 2.77. The maximum Gasteiger partial charge on any atom is 0.238 e. The monoisotopic (exact) mass is 320 g/mol. The Morgan fingerprint density at radius 3 is 2.67 bits per heavy atom. The van der Waals surface area contributed by atoms with Crippen molar-refractivity contribution in [3.05, 3.63) is 47.0 Å². The van der Waals surface area contributed by atoms with Crippen LogP contribution in [0.2, 0.25) is 0 Å². The number of hydrogen-bond donors (Lipinski definition) is 1. The van der Waals surface area contributed by atoms with Gasteiger partial charge in [-0.2, -0.15) is 0 Å². The van der Waals surface area contributed by atoms with Gasteiger partial charge < -0.3 is 5.32 Å². The molecule has 0 fully saturated rings. The highest BCUT2D eigenvalue weighted by Gasteiger charge is 2.15. The number of aromatic nitrogens is 1. The first-order valence-corrected chi connectivity index (χ1v) is 8.36. The third kappa shape index (κ3) is 4.68. The van der Waals surface area contributed by atoms with Crippen LogP contribution in [0.15, 0.2) is 36.5 Å². The van der Waals surface area contributed by atoms with Crippen molar-refractivity contribution in [3.63, 3.8) is 0 Å². The molecule has 0 aliphatic rings.